The lowest BCUT2D eigenvalue weighted by Gasteiger charge is -2.40. The minimum atomic E-state index is -0.0514. The molecule has 4 rings (SSSR count). The minimum absolute atomic E-state index is 0.0514. The lowest BCUT2D eigenvalue weighted by atomic mass is 9.89. The summed E-state index contributed by atoms with van der Waals surface area (Å²) in [5.74, 6) is 0.0117. The first kappa shape index (κ1) is 15.7. The van der Waals surface area contributed by atoms with Gasteiger partial charge in [0.25, 0.3) is 0 Å². The van der Waals surface area contributed by atoms with Crippen LogP contribution in [0, 0.1) is 5.92 Å². The number of carbonyl (C=O) groups is 1. The normalized spacial score (nSPS) is 26.9. The number of fused-ring (bicyclic) bond motifs is 1. The van der Waals surface area contributed by atoms with Gasteiger partial charge in [-0.2, -0.15) is 0 Å². The van der Waals surface area contributed by atoms with E-state index in [0.717, 1.165) is 38.2 Å². The second kappa shape index (κ2) is 7.01. The van der Waals surface area contributed by atoms with E-state index in [2.05, 4.69) is 32.7 Å². The summed E-state index contributed by atoms with van der Waals surface area (Å²) >= 11 is 1.77. The summed E-state index contributed by atoms with van der Waals surface area (Å²) in [5.41, 5.74) is 0.752. The van der Waals surface area contributed by atoms with Crippen molar-refractivity contribution < 1.29 is 9.53 Å². The molecule has 0 aromatic carbocycles. The summed E-state index contributed by atoms with van der Waals surface area (Å²) in [6.45, 7) is 2.49. The predicted molar refractivity (Wildman–Crippen MR) is 93.8 cm³/mol. The Morgan fingerprint density at radius 1 is 1.42 bits per heavy atom. The topological polar surface area (TPSA) is 54.5 Å². The Kier molecular flexibility index (Phi) is 4.60. The van der Waals surface area contributed by atoms with Gasteiger partial charge in [0.2, 0.25) is 5.91 Å². The van der Waals surface area contributed by atoms with E-state index in [4.69, 9.17) is 4.74 Å². The third kappa shape index (κ3) is 3.36. The number of piperidine rings is 1. The van der Waals surface area contributed by atoms with Gasteiger partial charge < -0.3 is 10.1 Å². The van der Waals surface area contributed by atoms with Gasteiger partial charge in [-0.1, -0.05) is 6.07 Å². The van der Waals surface area contributed by atoms with Crippen LogP contribution in [0.1, 0.15) is 17.7 Å². The van der Waals surface area contributed by atoms with Crippen LogP contribution in [-0.2, 0) is 16.1 Å². The van der Waals surface area contributed by atoms with E-state index >= 15 is 0 Å². The number of hydrogen-bond acceptors (Lipinski definition) is 5. The number of ether oxygens (including phenoxy) is 1. The number of nitrogens with one attached hydrogen (secondary N) is 1. The van der Waals surface area contributed by atoms with Crippen LogP contribution in [0.25, 0.3) is 0 Å². The predicted octanol–water partition coefficient (Wildman–Crippen LogP) is 2.76. The van der Waals surface area contributed by atoms with Crippen LogP contribution in [0.3, 0.4) is 0 Å². The molecule has 0 spiro atoms. The summed E-state index contributed by atoms with van der Waals surface area (Å²) in [6.07, 6.45) is 5.42. The smallest absolute Gasteiger partial charge is 0.228 e. The van der Waals surface area contributed by atoms with Crippen LogP contribution in [0.5, 0.6) is 0 Å². The van der Waals surface area contributed by atoms with Crippen LogP contribution in [0.2, 0.25) is 0 Å². The Balaban J connectivity index is 1.46. The fraction of sp³-hybridized carbons (Fsp3) is 0.444. The van der Waals surface area contributed by atoms with Crippen molar-refractivity contribution >= 4 is 22.9 Å². The van der Waals surface area contributed by atoms with Crippen molar-refractivity contribution in [2.45, 2.75) is 31.5 Å². The lowest BCUT2D eigenvalue weighted by molar-refractivity contribution is -0.124. The Morgan fingerprint density at radius 3 is 3.17 bits per heavy atom. The summed E-state index contributed by atoms with van der Waals surface area (Å²) in [5, 5.41) is 5.10. The van der Waals surface area contributed by atoms with Crippen molar-refractivity contribution in [3.63, 3.8) is 0 Å². The average molecular weight is 343 g/mol. The van der Waals surface area contributed by atoms with Crippen molar-refractivity contribution in [3.05, 3.63) is 46.9 Å². The van der Waals surface area contributed by atoms with E-state index in [9.17, 15) is 4.79 Å². The van der Waals surface area contributed by atoms with Crippen molar-refractivity contribution in [1.29, 1.82) is 0 Å². The quantitative estimate of drug-likeness (QED) is 0.927. The lowest BCUT2D eigenvalue weighted by Crippen LogP contribution is -2.51. The number of carbonyl (C=O) groups excluding carboxylic acids is 1. The number of likely N-dealkylation sites (tertiary alicyclic amines) is 1. The van der Waals surface area contributed by atoms with Crippen molar-refractivity contribution in [2.75, 3.05) is 18.5 Å². The van der Waals surface area contributed by atoms with Gasteiger partial charge in [-0.25, -0.2) is 0 Å². The molecule has 5 nitrogen and oxygen atoms in total. The van der Waals surface area contributed by atoms with Gasteiger partial charge in [0.05, 0.1) is 23.9 Å². The van der Waals surface area contributed by atoms with Gasteiger partial charge >= 0.3 is 0 Å². The molecule has 2 aliphatic heterocycles. The van der Waals surface area contributed by atoms with E-state index in [0.29, 0.717) is 6.04 Å². The molecule has 3 atom stereocenters. The van der Waals surface area contributed by atoms with E-state index in [1.807, 2.05) is 12.1 Å². The number of nitrogens with zero attached hydrogens (tertiary/aromatic N) is 2. The Morgan fingerprint density at radius 2 is 2.38 bits per heavy atom. The SMILES string of the molecule is O=C(Nc1cccnc1)[C@H]1C[C@H]2OCC[C@H]2N(Cc2cccs2)C1. The van der Waals surface area contributed by atoms with Crippen molar-refractivity contribution in [1.82, 2.24) is 9.88 Å². The van der Waals surface area contributed by atoms with E-state index in [-0.39, 0.29) is 17.9 Å². The molecule has 2 aromatic rings. The number of amides is 1. The zero-order chi connectivity index (χ0) is 16.4. The highest BCUT2D eigenvalue weighted by atomic mass is 32.1. The highest BCUT2D eigenvalue weighted by molar-refractivity contribution is 7.09. The molecule has 0 saturated carbocycles. The Bertz CT molecular complexity index is 677. The molecule has 2 saturated heterocycles. The van der Waals surface area contributed by atoms with Crippen molar-refractivity contribution in [3.8, 4) is 0 Å². The zero-order valence-electron chi connectivity index (χ0n) is 13.4. The number of pyridine rings is 1. The highest BCUT2D eigenvalue weighted by Gasteiger charge is 2.42. The molecule has 2 aromatic heterocycles. The molecule has 0 unspecified atom stereocenters. The molecule has 6 heteroatoms. The van der Waals surface area contributed by atoms with Gasteiger partial charge in [0, 0.05) is 36.8 Å². The summed E-state index contributed by atoms with van der Waals surface area (Å²) < 4.78 is 5.91. The molecule has 126 valence electrons. The largest absolute Gasteiger partial charge is 0.377 e. The zero-order valence-corrected chi connectivity index (χ0v) is 14.2. The Labute approximate surface area is 145 Å². The fourth-order valence-corrected chi connectivity index (χ4v) is 4.44. The average Bonchev–Trinajstić information content (AvgIpc) is 3.27. The number of rotatable bonds is 4. The molecular formula is C18H21N3O2S. The second-order valence-electron chi connectivity index (χ2n) is 6.44. The Hall–Kier alpha value is -1.76. The number of thiophene rings is 1. The van der Waals surface area contributed by atoms with Crippen molar-refractivity contribution in [2.24, 2.45) is 5.92 Å². The van der Waals surface area contributed by atoms with E-state index in [1.165, 1.54) is 4.88 Å². The summed E-state index contributed by atoms with van der Waals surface area (Å²) in [7, 11) is 0. The first-order chi connectivity index (χ1) is 11.8. The molecule has 0 radical (unpaired) electrons. The van der Waals surface area contributed by atoms with E-state index in [1.54, 1.807) is 23.7 Å². The minimum Gasteiger partial charge on any atom is -0.377 e. The number of hydrogen-bond donors (Lipinski definition) is 1. The number of aromatic nitrogens is 1. The standard InChI is InChI=1S/C18H21N3O2S/c22-18(20-14-3-1-6-19-10-14)13-9-17-16(5-7-23-17)21(11-13)12-15-4-2-8-24-15/h1-4,6,8,10,13,16-17H,5,7,9,11-12H2,(H,20,22)/t13-,16+,17+/m0/s1. The van der Waals surface area contributed by atoms with Crippen LogP contribution in [-0.4, -0.2) is 41.1 Å². The molecule has 1 N–H and O–H groups in total. The molecule has 0 bridgehead atoms. The second-order valence-corrected chi connectivity index (χ2v) is 7.47. The van der Waals surface area contributed by atoms with Crippen LogP contribution < -0.4 is 5.32 Å². The molecule has 24 heavy (non-hydrogen) atoms. The molecule has 0 aliphatic carbocycles. The van der Waals surface area contributed by atoms with Crippen LogP contribution in [0.4, 0.5) is 5.69 Å². The highest BCUT2D eigenvalue weighted by Crippen LogP contribution is 2.33. The van der Waals surface area contributed by atoms with Gasteiger partial charge in [-0.15, -0.1) is 11.3 Å². The first-order valence-corrected chi connectivity index (χ1v) is 9.26. The van der Waals surface area contributed by atoms with Gasteiger partial charge in [-0.3, -0.25) is 14.7 Å². The maximum Gasteiger partial charge on any atom is 0.228 e. The first-order valence-electron chi connectivity index (χ1n) is 8.38. The maximum atomic E-state index is 12.7. The summed E-state index contributed by atoms with van der Waals surface area (Å²) in [4.78, 5) is 20.5. The van der Waals surface area contributed by atoms with Gasteiger partial charge in [0.15, 0.2) is 0 Å². The number of anilines is 1. The molecule has 1 amide bonds. The third-order valence-electron chi connectivity index (χ3n) is 4.85. The molecule has 2 fully saturated rings. The maximum absolute atomic E-state index is 12.7. The summed E-state index contributed by atoms with van der Waals surface area (Å²) in [6, 6.07) is 8.38. The third-order valence-corrected chi connectivity index (χ3v) is 5.72. The van der Waals surface area contributed by atoms with E-state index < -0.39 is 0 Å². The van der Waals surface area contributed by atoms with Crippen LogP contribution in [0.15, 0.2) is 42.0 Å². The van der Waals surface area contributed by atoms with Crippen LogP contribution >= 0.6 is 11.3 Å². The van der Waals surface area contributed by atoms with Gasteiger partial charge in [-0.05, 0) is 36.4 Å². The fourth-order valence-electron chi connectivity index (χ4n) is 3.71. The molecule has 2 aliphatic rings. The molecular weight excluding hydrogens is 322 g/mol. The van der Waals surface area contributed by atoms with Gasteiger partial charge in [0.1, 0.15) is 0 Å². The monoisotopic (exact) mass is 343 g/mol. The molecule has 4 heterocycles.